The zero-order valence-corrected chi connectivity index (χ0v) is 17.9. The third-order valence-corrected chi connectivity index (χ3v) is 6.45. The number of thiazole rings is 1. The fourth-order valence-corrected chi connectivity index (χ4v) is 4.92. The van der Waals surface area contributed by atoms with Crippen LogP contribution in [0.5, 0.6) is 0 Å². The Morgan fingerprint density at radius 1 is 0.933 bits per heavy atom. The summed E-state index contributed by atoms with van der Waals surface area (Å²) in [5, 5.41) is 8.99. The number of nitrogens with one attached hydrogen (secondary N) is 2. The van der Waals surface area contributed by atoms with Crippen LogP contribution in [0.2, 0.25) is 0 Å². The Balaban J connectivity index is 1.50. The number of fused-ring (bicyclic) bond motifs is 2. The number of hydrogen-bond donors (Lipinski definition) is 2. The van der Waals surface area contributed by atoms with Gasteiger partial charge in [-0.2, -0.15) is 0 Å². The van der Waals surface area contributed by atoms with Gasteiger partial charge in [-0.3, -0.25) is 4.98 Å². The summed E-state index contributed by atoms with van der Waals surface area (Å²) >= 11 is 1.65. The number of aryl methyl sites for hydroxylation is 1. The van der Waals surface area contributed by atoms with Crippen LogP contribution in [0, 0.1) is 6.92 Å². The molecular formula is C24H25N5S. The Bertz CT molecular complexity index is 1170. The van der Waals surface area contributed by atoms with Gasteiger partial charge in [-0.05, 0) is 44.0 Å². The Hall–Kier alpha value is -2.99. The van der Waals surface area contributed by atoms with Gasteiger partial charge in [-0.25, -0.2) is 9.98 Å². The monoisotopic (exact) mass is 415 g/mol. The number of hydrogen-bond acceptors (Lipinski definition) is 4. The molecule has 5 nitrogen and oxygen atoms in total. The lowest BCUT2D eigenvalue weighted by Crippen LogP contribution is -2.25. The van der Waals surface area contributed by atoms with Gasteiger partial charge in [-0.15, -0.1) is 0 Å². The Labute approximate surface area is 180 Å². The summed E-state index contributed by atoms with van der Waals surface area (Å²) in [6, 6.07) is 18.9. The van der Waals surface area contributed by atoms with Gasteiger partial charge >= 0.3 is 0 Å². The number of guanidine groups is 1. The van der Waals surface area contributed by atoms with Crippen molar-refractivity contribution in [2.75, 3.05) is 10.6 Å². The summed E-state index contributed by atoms with van der Waals surface area (Å²) < 4.78 is 1.17. The highest BCUT2D eigenvalue weighted by Gasteiger charge is 2.15. The van der Waals surface area contributed by atoms with Crippen LogP contribution in [-0.4, -0.2) is 22.0 Å². The molecule has 0 spiro atoms. The third kappa shape index (κ3) is 4.14. The standard InChI is InChI=1S/C24H25N5S/c1-16-15-21(18-11-5-6-12-19(18)25-16)27-23(26-17-9-3-2-4-10-17)29-24-28-20-13-7-8-14-22(20)30-24/h5-8,11-15,17H,2-4,9-10H2,1H3,(H2,25,26,27,28,29). The SMILES string of the molecule is Cc1cc(NC(=NC2CCCCC2)Nc2nc3ccccc3s2)c2ccccc2n1. The van der Waals surface area contributed by atoms with Crippen molar-refractivity contribution >= 4 is 49.2 Å². The Morgan fingerprint density at radius 3 is 2.53 bits per heavy atom. The minimum Gasteiger partial charge on any atom is -0.325 e. The van der Waals surface area contributed by atoms with Crippen molar-refractivity contribution in [1.29, 1.82) is 0 Å². The first-order valence-electron chi connectivity index (χ1n) is 10.6. The maximum Gasteiger partial charge on any atom is 0.202 e. The Morgan fingerprint density at radius 2 is 1.70 bits per heavy atom. The summed E-state index contributed by atoms with van der Waals surface area (Å²) in [5.41, 5.74) is 3.98. The van der Waals surface area contributed by atoms with Crippen molar-refractivity contribution in [2.45, 2.75) is 45.1 Å². The number of pyridine rings is 1. The first-order chi connectivity index (χ1) is 14.7. The number of anilines is 2. The predicted octanol–water partition coefficient (Wildman–Crippen LogP) is 6.37. The van der Waals surface area contributed by atoms with Gasteiger partial charge in [0.05, 0.1) is 27.5 Å². The lowest BCUT2D eigenvalue weighted by atomic mass is 9.96. The van der Waals surface area contributed by atoms with Crippen molar-refractivity contribution < 1.29 is 0 Å². The minimum atomic E-state index is 0.345. The molecule has 2 aromatic heterocycles. The van der Waals surface area contributed by atoms with E-state index in [4.69, 9.17) is 9.98 Å². The predicted molar refractivity (Wildman–Crippen MR) is 128 cm³/mol. The molecule has 152 valence electrons. The first-order valence-corrected chi connectivity index (χ1v) is 11.4. The number of aliphatic imine (C=N–C) groups is 1. The quantitative estimate of drug-likeness (QED) is 0.302. The smallest absolute Gasteiger partial charge is 0.202 e. The second kappa shape index (κ2) is 8.40. The summed E-state index contributed by atoms with van der Waals surface area (Å²) in [4.78, 5) is 14.5. The van der Waals surface area contributed by atoms with E-state index in [-0.39, 0.29) is 0 Å². The molecule has 2 N–H and O–H groups in total. The fourth-order valence-electron chi connectivity index (χ4n) is 4.05. The van der Waals surface area contributed by atoms with Crippen molar-refractivity contribution in [3.63, 3.8) is 0 Å². The molecule has 1 aliphatic rings. The van der Waals surface area contributed by atoms with E-state index in [0.29, 0.717) is 6.04 Å². The van der Waals surface area contributed by atoms with Gasteiger partial charge in [0.2, 0.25) is 5.96 Å². The molecular weight excluding hydrogens is 390 g/mol. The lowest BCUT2D eigenvalue weighted by molar-refractivity contribution is 0.443. The molecule has 0 atom stereocenters. The number of para-hydroxylation sites is 2. The molecule has 2 heterocycles. The molecule has 1 saturated carbocycles. The van der Waals surface area contributed by atoms with Gasteiger partial charge in [-0.1, -0.05) is 60.9 Å². The highest BCUT2D eigenvalue weighted by molar-refractivity contribution is 7.22. The molecule has 6 heteroatoms. The summed E-state index contributed by atoms with van der Waals surface area (Å²) in [5.74, 6) is 0.761. The van der Waals surface area contributed by atoms with Crippen LogP contribution in [-0.2, 0) is 0 Å². The van der Waals surface area contributed by atoms with E-state index >= 15 is 0 Å². The van der Waals surface area contributed by atoms with E-state index in [1.165, 1.54) is 24.0 Å². The number of aromatic nitrogens is 2. The van der Waals surface area contributed by atoms with Crippen LogP contribution in [0.25, 0.3) is 21.1 Å². The van der Waals surface area contributed by atoms with Crippen molar-refractivity contribution in [3.8, 4) is 0 Å². The maximum atomic E-state index is 5.07. The molecule has 2 aromatic carbocycles. The normalized spacial score (nSPS) is 15.6. The van der Waals surface area contributed by atoms with Crippen LogP contribution < -0.4 is 10.6 Å². The minimum absolute atomic E-state index is 0.345. The summed E-state index contributed by atoms with van der Waals surface area (Å²) in [7, 11) is 0. The lowest BCUT2D eigenvalue weighted by Gasteiger charge is -2.20. The van der Waals surface area contributed by atoms with Crippen LogP contribution in [0.3, 0.4) is 0 Å². The van der Waals surface area contributed by atoms with Gasteiger partial charge in [0.1, 0.15) is 0 Å². The molecule has 4 aromatic rings. The average molecular weight is 416 g/mol. The second-order valence-electron chi connectivity index (χ2n) is 7.83. The third-order valence-electron chi connectivity index (χ3n) is 5.50. The van der Waals surface area contributed by atoms with E-state index in [2.05, 4.69) is 33.8 Å². The molecule has 0 amide bonds. The maximum absolute atomic E-state index is 5.07. The van der Waals surface area contributed by atoms with Crippen molar-refractivity contribution in [3.05, 3.63) is 60.3 Å². The molecule has 0 unspecified atom stereocenters. The number of nitrogens with zero attached hydrogens (tertiary/aromatic N) is 3. The average Bonchev–Trinajstić information content (AvgIpc) is 3.16. The summed E-state index contributed by atoms with van der Waals surface area (Å²) in [6.45, 7) is 2.02. The number of benzene rings is 2. The van der Waals surface area contributed by atoms with Crippen molar-refractivity contribution in [2.24, 2.45) is 4.99 Å². The fraction of sp³-hybridized carbons (Fsp3) is 0.292. The van der Waals surface area contributed by atoms with E-state index in [1.54, 1.807) is 11.3 Å². The molecule has 0 saturated heterocycles. The van der Waals surface area contributed by atoms with Crippen LogP contribution >= 0.6 is 11.3 Å². The van der Waals surface area contributed by atoms with Crippen molar-refractivity contribution in [1.82, 2.24) is 9.97 Å². The summed E-state index contributed by atoms with van der Waals surface area (Å²) in [6.07, 6.45) is 6.10. The molecule has 30 heavy (non-hydrogen) atoms. The van der Waals surface area contributed by atoms with Crippen LogP contribution in [0.1, 0.15) is 37.8 Å². The Kier molecular flexibility index (Phi) is 5.32. The van der Waals surface area contributed by atoms with Crippen LogP contribution in [0.4, 0.5) is 10.8 Å². The highest BCUT2D eigenvalue weighted by atomic mass is 32.1. The highest BCUT2D eigenvalue weighted by Crippen LogP contribution is 2.28. The first kappa shape index (κ1) is 19.0. The largest absolute Gasteiger partial charge is 0.325 e. The molecule has 0 bridgehead atoms. The molecule has 0 aliphatic heterocycles. The molecule has 5 rings (SSSR count). The zero-order valence-electron chi connectivity index (χ0n) is 17.1. The topological polar surface area (TPSA) is 62.2 Å². The van der Waals surface area contributed by atoms with Gasteiger partial charge < -0.3 is 10.6 Å². The zero-order chi connectivity index (χ0) is 20.3. The molecule has 1 aliphatic carbocycles. The van der Waals surface area contributed by atoms with Gasteiger partial charge in [0.15, 0.2) is 5.13 Å². The van der Waals surface area contributed by atoms with E-state index in [1.807, 2.05) is 43.3 Å². The van der Waals surface area contributed by atoms with E-state index in [9.17, 15) is 0 Å². The number of rotatable bonds is 3. The van der Waals surface area contributed by atoms with Gasteiger partial charge in [0, 0.05) is 11.1 Å². The molecule has 1 fully saturated rings. The van der Waals surface area contributed by atoms with E-state index < -0.39 is 0 Å². The molecule has 0 radical (unpaired) electrons. The van der Waals surface area contributed by atoms with E-state index in [0.717, 1.165) is 51.7 Å². The van der Waals surface area contributed by atoms with Gasteiger partial charge in [0.25, 0.3) is 0 Å². The second-order valence-corrected chi connectivity index (χ2v) is 8.87. The van der Waals surface area contributed by atoms with Crippen LogP contribution in [0.15, 0.2) is 59.6 Å².